The maximum absolute atomic E-state index is 8.89. The van der Waals surface area contributed by atoms with Gasteiger partial charge < -0.3 is 10.5 Å². The normalized spacial score (nSPS) is 10.2. The standard InChI is InChI=1S/C16H11N3O/c17-9-11-2-1-3-13(8-11)20-15-5-4-12-10-19-7-6-14(12)16(15)18/h1-8,10H,18H2. The number of aromatic nitrogens is 1. The molecular weight excluding hydrogens is 250 g/mol. The summed E-state index contributed by atoms with van der Waals surface area (Å²) in [7, 11) is 0. The predicted molar refractivity (Wildman–Crippen MR) is 77.4 cm³/mol. The average Bonchev–Trinajstić information content (AvgIpc) is 2.50. The predicted octanol–water partition coefficient (Wildman–Crippen LogP) is 3.48. The Bertz CT molecular complexity index is 821. The zero-order chi connectivity index (χ0) is 13.9. The van der Waals surface area contributed by atoms with Crippen molar-refractivity contribution in [3.63, 3.8) is 0 Å². The summed E-state index contributed by atoms with van der Waals surface area (Å²) in [6.07, 6.45) is 3.45. The molecule has 0 spiro atoms. The third-order valence-electron chi connectivity index (χ3n) is 3.01. The van der Waals surface area contributed by atoms with Crippen LogP contribution in [0.1, 0.15) is 5.56 Å². The van der Waals surface area contributed by atoms with Crippen LogP contribution in [0.2, 0.25) is 0 Å². The van der Waals surface area contributed by atoms with Crippen LogP contribution in [0.4, 0.5) is 5.69 Å². The monoisotopic (exact) mass is 261 g/mol. The molecule has 4 heteroatoms. The fourth-order valence-corrected chi connectivity index (χ4v) is 2.02. The number of rotatable bonds is 2. The molecule has 0 amide bonds. The quantitative estimate of drug-likeness (QED) is 0.717. The first-order valence-corrected chi connectivity index (χ1v) is 6.08. The van der Waals surface area contributed by atoms with Gasteiger partial charge in [-0.15, -0.1) is 0 Å². The van der Waals surface area contributed by atoms with Crippen molar-refractivity contribution in [2.75, 3.05) is 5.73 Å². The van der Waals surface area contributed by atoms with E-state index in [9.17, 15) is 0 Å². The largest absolute Gasteiger partial charge is 0.455 e. The van der Waals surface area contributed by atoms with Crippen LogP contribution in [0.25, 0.3) is 10.8 Å². The van der Waals surface area contributed by atoms with Gasteiger partial charge in [-0.1, -0.05) is 6.07 Å². The second-order valence-electron chi connectivity index (χ2n) is 4.32. The SMILES string of the molecule is N#Cc1cccc(Oc2ccc3cnccc3c2N)c1. The van der Waals surface area contributed by atoms with E-state index in [1.165, 1.54) is 0 Å². The van der Waals surface area contributed by atoms with E-state index < -0.39 is 0 Å². The second kappa shape index (κ2) is 4.90. The number of anilines is 1. The molecule has 2 aromatic carbocycles. The highest BCUT2D eigenvalue weighted by Crippen LogP contribution is 2.33. The highest BCUT2D eigenvalue weighted by atomic mass is 16.5. The number of nitrogens with zero attached hydrogens (tertiary/aromatic N) is 2. The molecule has 3 rings (SSSR count). The minimum absolute atomic E-state index is 0.547. The van der Waals surface area contributed by atoms with E-state index in [-0.39, 0.29) is 0 Å². The first kappa shape index (κ1) is 12.0. The van der Waals surface area contributed by atoms with E-state index in [1.54, 1.807) is 42.7 Å². The lowest BCUT2D eigenvalue weighted by Gasteiger charge is -2.10. The zero-order valence-electron chi connectivity index (χ0n) is 10.6. The highest BCUT2D eigenvalue weighted by Gasteiger charge is 2.07. The summed E-state index contributed by atoms with van der Waals surface area (Å²) >= 11 is 0. The van der Waals surface area contributed by atoms with E-state index in [0.717, 1.165) is 10.8 Å². The van der Waals surface area contributed by atoms with E-state index in [1.807, 2.05) is 12.1 Å². The van der Waals surface area contributed by atoms with Gasteiger partial charge in [0, 0.05) is 23.2 Å². The Morgan fingerprint density at radius 3 is 2.90 bits per heavy atom. The molecule has 20 heavy (non-hydrogen) atoms. The molecule has 0 aliphatic carbocycles. The van der Waals surface area contributed by atoms with Crippen LogP contribution in [-0.2, 0) is 0 Å². The molecule has 0 atom stereocenters. The van der Waals surface area contributed by atoms with Crippen LogP contribution < -0.4 is 10.5 Å². The molecule has 4 nitrogen and oxygen atoms in total. The number of ether oxygens (including phenoxy) is 1. The molecule has 2 N–H and O–H groups in total. The van der Waals surface area contributed by atoms with Gasteiger partial charge in [0.05, 0.1) is 17.3 Å². The minimum Gasteiger partial charge on any atom is -0.455 e. The summed E-state index contributed by atoms with van der Waals surface area (Å²) in [5.74, 6) is 1.16. The Morgan fingerprint density at radius 1 is 1.15 bits per heavy atom. The Morgan fingerprint density at radius 2 is 2.05 bits per heavy atom. The summed E-state index contributed by atoms with van der Waals surface area (Å²) in [5.41, 5.74) is 7.23. The van der Waals surface area contributed by atoms with Gasteiger partial charge in [-0.3, -0.25) is 4.98 Å². The number of nitrogens with two attached hydrogens (primary N) is 1. The smallest absolute Gasteiger partial charge is 0.150 e. The maximum Gasteiger partial charge on any atom is 0.150 e. The molecule has 0 radical (unpaired) electrons. The van der Waals surface area contributed by atoms with Crippen LogP contribution >= 0.6 is 0 Å². The lowest BCUT2D eigenvalue weighted by Crippen LogP contribution is -1.94. The third-order valence-corrected chi connectivity index (χ3v) is 3.01. The Balaban J connectivity index is 2.02. The first-order valence-electron chi connectivity index (χ1n) is 6.08. The highest BCUT2D eigenvalue weighted by molar-refractivity contribution is 5.95. The molecule has 0 bridgehead atoms. The van der Waals surface area contributed by atoms with Gasteiger partial charge in [0.25, 0.3) is 0 Å². The summed E-state index contributed by atoms with van der Waals surface area (Å²) in [5, 5.41) is 10.7. The molecule has 0 saturated carbocycles. The maximum atomic E-state index is 8.89. The summed E-state index contributed by atoms with van der Waals surface area (Å²) in [4.78, 5) is 4.06. The van der Waals surface area contributed by atoms with Crippen molar-refractivity contribution in [3.05, 3.63) is 60.4 Å². The Hall–Kier alpha value is -3.06. The van der Waals surface area contributed by atoms with Crippen LogP contribution in [0.5, 0.6) is 11.5 Å². The van der Waals surface area contributed by atoms with E-state index >= 15 is 0 Å². The topological polar surface area (TPSA) is 71.9 Å². The van der Waals surface area contributed by atoms with Gasteiger partial charge in [-0.25, -0.2) is 0 Å². The van der Waals surface area contributed by atoms with Gasteiger partial charge >= 0.3 is 0 Å². The summed E-state index contributed by atoms with van der Waals surface area (Å²) in [6.45, 7) is 0. The van der Waals surface area contributed by atoms with Crippen molar-refractivity contribution in [1.29, 1.82) is 5.26 Å². The molecule has 0 aliphatic heterocycles. The van der Waals surface area contributed by atoms with Crippen LogP contribution in [0.15, 0.2) is 54.9 Å². The van der Waals surface area contributed by atoms with E-state index in [4.69, 9.17) is 15.7 Å². The summed E-state index contributed by atoms with van der Waals surface area (Å²) < 4.78 is 5.76. The average molecular weight is 261 g/mol. The minimum atomic E-state index is 0.547. The number of nitriles is 1. The first-order chi connectivity index (χ1) is 9.78. The molecule has 0 saturated heterocycles. The van der Waals surface area contributed by atoms with Gasteiger partial charge in [-0.05, 0) is 36.4 Å². The number of hydrogen-bond acceptors (Lipinski definition) is 4. The van der Waals surface area contributed by atoms with Crippen LogP contribution in [0.3, 0.4) is 0 Å². The molecule has 3 aromatic rings. The summed E-state index contributed by atoms with van der Waals surface area (Å²) in [6, 6.07) is 14.6. The molecule has 0 unspecified atom stereocenters. The Kier molecular flexibility index (Phi) is 2.94. The zero-order valence-corrected chi connectivity index (χ0v) is 10.6. The fourth-order valence-electron chi connectivity index (χ4n) is 2.02. The van der Waals surface area contributed by atoms with Gasteiger partial charge in [0.15, 0.2) is 5.75 Å². The van der Waals surface area contributed by atoms with Gasteiger partial charge in [0.1, 0.15) is 5.75 Å². The molecule has 1 heterocycles. The Labute approximate surface area is 116 Å². The van der Waals surface area contributed by atoms with E-state index in [0.29, 0.717) is 22.7 Å². The lowest BCUT2D eigenvalue weighted by molar-refractivity contribution is 0.485. The van der Waals surface area contributed by atoms with Gasteiger partial charge in [-0.2, -0.15) is 5.26 Å². The molecule has 1 aromatic heterocycles. The number of fused-ring (bicyclic) bond motifs is 1. The molecule has 0 aliphatic rings. The van der Waals surface area contributed by atoms with Crippen LogP contribution in [-0.4, -0.2) is 4.98 Å². The van der Waals surface area contributed by atoms with E-state index in [2.05, 4.69) is 11.1 Å². The molecule has 0 fully saturated rings. The fraction of sp³-hybridized carbons (Fsp3) is 0. The molecule has 96 valence electrons. The third kappa shape index (κ3) is 2.13. The molecular formula is C16H11N3O. The number of nitrogen functional groups attached to an aromatic ring is 1. The second-order valence-corrected chi connectivity index (χ2v) is 4.32. The van der Waals surface area contributed by atoms with Crippen molar-refractivity contribution in [1.82, 2.24) is 4.98 Å². The van der Waals surface area contributed by atoms with Crippen molar-refractivity contribution in [3.8, 4) is 17.6 Å². The van der Waals surface area contributed by atoms with Crippen LogP contribution in [0, 0.1) is 11.3 Å². The van der Waals surface area contributed by atoms with Gasteiger partial charge in [0.2, 0.25) is 0 Å². The number of pyridine rings is 1. The number of benzene rings is 2. The van der Waals surface area contributed by atoms with Crippen molar-refractivity contribution in [2.24, 2.45) is 0 Å². The van der Waals surface area contributed by atoms with Crippen molar-refractivity contribution >= 4 is 16.5 Å². The lowest BCUT2D eigenvalue weighted by atomic mass is 10.1. The van der Waals surface area contributed by atoms with Crippen molar-refractivity contribution in [2.45, 2.75) is 0 Å². The number of hydrogen-bond donors (Lipinski definition) is 1. The van der Waals surface area contributed by atoms with Crippen molar-refractivity contribution < 1.29 is 4.74 Å².